The van der Waals surface area contributed by atoms with Crippen molar-refractivity contribution in [1.82, 2.24) is 4.90 Å². The van der Waals surface area contributed by atoms with Gasteiger partial charge in [0, 0.05) is 10.5 Å². The summed E-state index contributed by atoms with van der Waals surface area (Å²) in [6, 6.07) is 0.891. The molecule has 1 unspecified atom stereocenters. The highest BCUT2D eigenvalue weighted by molar-refractivity contribution is 14.1. The fraction of sp³-hybridized carbons (Fsp3) is 1.00. The first kappa shape index (κ1) is 8.52. The Morgan fingerprint density at radius 2 is 2.22 bits per heavy atom. The molecule has 0 bridgehead atoms. The van der Waals surface area contributed by atoms with Crippen LogP contribution in [0.1, 0.15) is 12.8 Å². The van der Waals surface area contributed by atoms with Crippen LogP contribution >= 0.6 is 45.2 Å². The van der Waals surface area contributed by atoms with Crippen LogP contribution in [0.25, 0.3) is 0 Å². The number of rotatable bonds is 2. The first-order chi connectivity index (χ1) is 4.38. The zero-order valence-electron chi connectivity index (χ0n) is 5.32. The van der Waals surface area contributed by atoms with Crippen LogP contribution in [0.4, 0.5) is 0 Å². The summed E-state index contributed by atoms with van der Waals surface area (Å²) < 4.78 is 2.52. The summed E-state index contributed by atoms with van der Waals surface area (Å²) in [4.78, 5) is 2.56. The zero-order valence-corrected chi connectivity index (χ0v) is 9.63. The molecule has 1 fully saturated rings. The van der Waals surface area contributed by atoms with Crippen molar-refractivity contribution >= 4 is 45.2 Å². The summed E-state index contributed by atoms with van der Waals surface area (Å²) in [5, 5.41) is 0. The molecular formula is C6H11I2N. The summed E-state index contributed by atoms with van der Waals surface area (Å²) in [5.74, 6) is 0. The number of hydrogen-bond acceptors (Lipinski definition) is 1. The molecule has 0 amide bonds. The van der Waals surface area contributed by atoms with E-state index in [2.05, 4.69) is 50.1 Å². The van der Waals surface area contributed by atoms with Crippen LogP contribution < -0.4 is 0 Å². The minimum Gasteiger partial charge on any atom is -0.290 e. The van der Waals surface area contributed by atoms with E-state index in [-0.39, 0.29) is 0 Å². The Morgan fingerprint density at radius 3 is 2.67 bits per heavy atom. The second-order valence-corrected chi connectivity index (χ2v) is 3.95. The van der Waals surface area contributed by atoms with Crippen molar-refractivity contribution in [3.63, 3.8) is 0 Å². The van der Waals surface area contributed by atoms with Crippen molar-refractivity contribution in [3.05, 3.63) is 0 Å². The van der Waals surface area contributed by atoms with Gasteiger partial charge in [-0.3, -0.25) is 4.90 Å². The maximum atomic E-state index is 2.56. The molecule has 1 aliphatic rings. The van der Waals surface area contributed by atoms with Crippen LogP contribution in [-0.2, 0) is 0 Å². The van der Waals surface area contributed by atoms with E-state index >= 15 is 0 Å². The molecule has 1 nitrogen and oxygen atoms in total. The highest BCUT2D eigenvalue weighted by Crippen LogP contribution is 2.19. The molecule has 54 valence electrons. The molecule has 3 heteroatoms. The van der Waals surface area contributed by atoms with Gasteiger partial charge in [0.2, 0.25) is 0 Å². The Kier molecular flexibility index (Phi) is 4.10. The fourth-order valence-electron chi connectivity index (χ4n) is 1.23. The lowest BCUT2D eigenvalue weighted by molar-refractivity contribution is 0.331. The predicted octanol–water partition coefficient (Wildman–Crippen LogP) is 2.28. The Bertz CT molecular complexity index is 77.1. The van der Waals surface area contributed by atoms with E-state index in [1.165, 1.54) is 28.4 Å². The van der Waals surface area contributed by atoms with E-state index in [0.717, 1.165) is 6.04 Å². The van der Waals surface area contributed by atoms with Crippen LogP contribution in [0, 0.1) is 0 Å². The normalized spacial score (nSPS) is 29.3. The molecule has 0 aromatic heterocycles. The summed E-state index contributed by atoms with van der Waals surface area (Å²) in [7, 11) is 0. The topological polar surface area (TPSA) is 3.24 Å². The second kappa shape index (κ2) is 4.33. The largest absolute Gasteiger partial charge is 0.290 e. The number of nitrogens with zero attached hydrogens (tertiary/aromatic N) is 1. The van der Waals surface area contributed by atoms with Gasteiger partial charge in [0.05, 0.1) is 4.55 Å². The third kappa shape index (κ3) is 2.18. The Hall–Kier alpha value is 1.42. The van der Waals surface area contributed by atoms with Crippen molar-refractivity contribution in [1.29, 1.82) is 0 Å². The third-order valence-electron chi connectivity index (χ3n) is 1.83. The molecular weight excluding hydrogens is 340 g/mol. The lowest BCUT2D eigenvalue weighted by Crippen LogP contribution is -2.28. The van der Waals surface area contributed by atoms with Crippen LogP contribution in [0.2, 0.25) is 0 Å². The molecule has 1 heterocycles. The minimum atomic E-state index is 0.891. The molecule has 0 aromatic carbocycles. The number of alkyl halides is 2. The van der Waals surface area contributed by atoms with Gasteiger partial charge in [-0.05, 0) is 19.4 Å². The molecule has 0 radical (unpaired) electrons. The van der Waals surface area contributed by atoms with Gasteiger partial charge in [-0.15, -0.1) is 0 Å². The predicted molar refractivity (Wildman–Crippen MR) is 57.5 cm³/mol. The SMILES string of the molecule is ICC1CCCN1CI. The molecule has 1 atom stereocenters. The Labute approximate surface area is 83.8 Å². The molecule has 0 spiro atoms. The molecule has 0 saturated carbocycles. The van der Waals surface area contributed by atoms with Crippen LogP contribution in [0.3, 0.4) is 0 Å². The fourth-order valence-corrected chi connectivity index (χ4v) is 3.12. The van der Waals surface area contributed by atoms with Crippen molar-refractivity contribution < 1.29 is 0 Å². The van der Waals surface area contributed by atoms with Gasteiger partial charge in [0.1, 0.15) is 0 Å². The van der Waals surface area contributed by atoms with Gasteiger partial charge < -0.3 is 0 Å². The number of hydrogen-bond donors (Lipinski definition) is 0. The second-order valence-electron chi connectivity index (χ2n) is 2.38. The van der Waals surface area contributed by atoms with E-state index in [9.17, 15) is 0 Å². The smallest absolute Gasteiger partial charge is 0.0508 e. The quantitative estimate of drug-likeness (QED) is 0.419. The van der Waals surface area contributed by atoms with Gasteiger partial charge in [0.25, 0.3) is 0 Å². The van der Waals surface area contributed by atoms with Crippen molar-refractivity contribution in [2.75, 3.05) is 15.5 Å². The van der Waals surface area contributed by atoms with Gasteiger partial charge in [-0.1, -0.05) is 45.2 Å². The summed E-state index contributed by atoms with van der Waals surface area (Å²) >= 11 is 4.93. The lowest BCUT2D eigenvalue weighted by atomic mass is 10.2. The molecule has 1 rings (SSSR count). The van der Waals surface area contributed by atoms with E-state index in [0.29, 0.717) is 0 Å². The van der Waals surface area contributed by atoms with E-state index < -0.39 is 0 Å². The first-order valence-corrected chi connectivity index (χ1v) is 6.29. The zero-order chi connectivity index (χ0) is 6.69. The molecule has 0 aromatic rings. The average Bonchev–Trinajstić information content (AvgIpc) is 2.33. The van der Waals surface area contributed by atoms with E-state index in [1.807, 2.05) is 0 Å². The maximum absolute atomic E-state index is 2.56. The van der Waals surface area contributed by atoms with Gasteiger partial charge in [0.15, 0.2) is 0 Å². The van der Waals surface area contributed by atoms with Crippen molar-refractivity contribution in [2.45, 2.75) is 18.9 Å². The Balaban J connectivity index is 2.32. The molecule has 0 aliphatic carbocycles. The van der Waals surface area contributed by atoms with Crippen LogP contribution in [0.15, 0.2) is 0 Å². The monoisotopic (exact) mass is 351 g/mol. The molecule has 9 heavy (non-hydrogen) atoms. The first-order valence-electron chi connectivity index (χ1n) is 3.24. The molecule has 1 saturated heterocycles. The summed E-state index contributed by atoms with van der Waals surface area (Å²) in [6.45, 7) is 1.33. The van der Waals surface area contributed by atoms with Crippen LogP contribution in [0.5, 0.6) is 0 Å². The van der Waals surface area contributed by atoms with E-state index in [1.54, 1.807) is 0 Å². The molecule has 0 N–H and O–H groups in total. The average molecular weight is 351 g/mol. The third-order valence-corrected chi connectivity index (χ3v) is 3.72. The van der Waals surface area contributed by atoms with Crippen LogP contribution in [-0.4, -0.2) is 26.5 Å². The summed E-state index contributed by atoms with van der Waals surface area (Å²) in [6.07, 6.45) is 2.84. The van der Waals surface area contributed by atoms with Crippen molar-refractivity contribution in [2.24, 2.45) is 0 Å². The highest BCUT2D eigenvalue weighted by Gasteiger charge is 2.21. The number of likely N-dealkylation sites (tertiary alicyclic amines) is 1. The van der Waals surface area contributed by atoms with Gasteiger partial charge in [-0.25, -0.2) is 0 Å². The Morgan fingerprint density at radius 1 is 1.44 bits per heavy atom. The van der Waals surface area contributed by atoms with Gasteiger partial charge >= 0.3 is 0 Å². The molecule has 1 aliphatic heterocycles. The lowest BCUT2D eigenvalue weighted by Gasteiger charge is -2.18. The van der Waals surface area contributed by atoms with E-state index in [4.69, 9.17) is 0 Å². The van der Waals surface area contributed by atoms with Crippen molar-refractivity contribution in [3.8, 4) is 0 Å². The number of halogens is 2. The summed E-state index contributed by atoms with van der Waals surface area (Å²) in [5.41, 5.74) is 0. The standard InChI is InChI=1S/C6H11I2N/c7-4-6-2-1-3-9(6)5-8/h6H,1-5H2. The van der Waals surface area contributed by atoms with Gasteiger partial charge in [-0.2, -0.15) is 0 Å². The minimum absolute atomic E-state index is 0.891. The highest BCUT2D eigenvalue weighted by atomic mass is 127. The maximum Gasteiger partial charge on any atom is 0.0508 e.